The summed E-state index contributed by atoms with van der Waals surface area (Å²) in [5.74, 6) is -0.335. The van der Waals surface area contributed by atoms with Gasteiger partial charge in [0.05, 0.1) is 6.10 Å². The van der Waals surface area contributed by atoms with Gasteiger partial charge in [-0.15, -0.1) is 11.3 Å². The maximum atomic E-state index is 12.5. The lowest BCUT2D eigenvalue weighted by molar-refractivity contribution is -0.149. The van der Waals surface area contributed by atoms with Crippen LogP contribution >= 0.6 is 11.3 Å². The van der Waals surface area contributed by atoms with E-state index in [-0.39, 0.29) is 17.9 Å². The fourth-order valence-corrected chi connectivity index (χ4v) is 5.49. The Labute approximate surface area is 170 Å². The van der Waals surface area contributed by atoms with Crippen LogP contribution in [0.1, 0.15) is 42.4 Å². The third-order valence-corrected chi connectivity index (χ3v) is 7.11. The van der Waals surface area contributed by atoms with Crippen LogP contribution in [0.2, 0.25) is 0 Å². The lowest BCUT2D eigenvalue weighted by Gasteiger charge is -2.35. The van der Waals surface area contributed by atoms with Gasteiger partial charge in [0.2, 0.25) is 11.8 Å². The fraction of sp³-hybridized carbons (Fsp3) is 0.700. The molecule has 2 amide bonds. The highest BCUT2D eigenvalue weighted by Gasteiger charge is 2.47. The van der Waals surface area contributed by atoms with Gasteiger partial charge < -0.3 is 20.6 Å². The molecular formula is C20H30N4O3S. The maximum absolute atomic E-state index is 12.5. The number of likely N-dealkylation sites (tertiary alicyclic amines) is 1. The van der Waals surface area contributed by atoms with Gasteiger partial charge in [0.15, 0.2) is 0 Å². The van der Waals surface area contributed by atoms with Crippen molar-refractivity contribution in [3.05, 3.63) is 21.9 Å². The van der Waals surface area contributed by atoms with Crippen molar-refractivity contribution >= 4 is 23.2 Å². The second-order valence-electron chi connectivity index (χ2n) is 8.25. The van der Waals surface area contributed by atoms with Crippen molar-refractivity contribution in [3.63, 3.8) is 0 Å². The number of aliphatic hydroxyl groups is 1. The van der Waals surface area contributed by atoms with E-state index in [1.165, 1.54) is 49.0 Å². The summed E-state index contributed by atoms with van der Waals surface area (Å²) in [6.45, 7) is 6.26. The first-order valence-corrected chi connectivity index (χ1v) is 11.1. The molecule has 3 N–H and O–H groups in total. The Morgan fingerprint density at radius 2 is 2.00 bits per heavy atom. The van der Waals surface area contributed by atoms with Crippen molar-refractivity contribution in [2.45, 2.75) is 69.9 Å². The van der Waals surface area contributed by atoms with Crippen molar-refractivity contribution in [1.29, 1.82) is 0 Å². The Kier molecular flexibility index (Phi) is 6.01. The quantitative estimate of drug-likeness (QED) is 0.647. The number of hydrogen-bond acceptors (Lipinski definition) is 6. The van der Waals surface area contributed by atoms with Crippen molar-refractivity contribution in [2.24, 2.45) is 0 Å². The smallest absolute Gasteiger partial charge is 0.248 e. The number of amides is 2. The summed E-state index contributed by atoms with van der Waals surface area (Å²) in [6, 6.07) is 3.26. The molecule has 1 aromatic rings. The molecular weight excluding hydrogens is 376 g/mol. The molecule has 3 fully saturated rings. The number of nitrogens with one attached hydrogen (secondary N) is 2. The third-order valence-electron chi connectivity index (χ3n) is 6.04. The molecule has 0 saturated carbocycles. The number of fused-ring (bicyclic) bond motifs is 1. The second-order valence-corrected chi connectivity index (χ2v) is 9.50. The predicted octanol–water partition coefficient (Wildman–Crippen LogP) is 0.672. The topological polar surface area (TPSA) is 84.9 Å². The van der Waals surface area contributed by atoms with E-state index < -0.39 is 18.2 Å². The van der Waals surface area contributed by atoms with Crippen molar-refractivity contribution < 1.29 is 14.7 Å². The van der Waals surface area contributed by atoms with Crippen molar-refractivity contribution in [3.8, 4) is 0 Å². The highest BCUT2D eigenvalue weighted by molar-refractivity contribution is 7.11. The molecule has 4 rings (SSSR count). The molecule has 0 radical (unpaired) electrons. The number of rotatable bonds is 6. The van der Waals surface area contributed by atoms with Crippen LogP contribution < -0.4 is 10.6 Å². The number of nitrogens with zero attached hydrogens (tertiary/aromatic N) is 2. The van der Waals surface area contributed by atoms with E-state index >= 15 is 0 Å². The molecule has 154 valence electrons. The average molecular weight is 407 g/mol. The number of carbonyl (C=O) groups excluding carboxylic acids is 2. The first kappa shape index (κ1) is 19.8. The average Bonchev–Trinajstić information content (AvgIpc) is 3.31. The normalized spacial score (nSPS) is 29.6. The zero-order chi connectivity index (χ0) is 19.7. The van der Waals surface area contributed by atoms with Crippen LogP contribution in [0.4, 0.5) is 0 Å². The number of carbonyl (C=O) groups is 2. The Hall–Kier alpha value is -1.48. The summed E-state index contributed by atoms with van der Waals surface area (Å²) in [4.78, 5) is 31.7. The van der Waals surface area contributed by atoms with E-state index in [9.17, 15) is 14.7 Å². The molecule has 3 aliphatic rings. The molecule has 28 heavy (non-hydrogen) atoms. The van der Waals surface area contributed by atoms with Gasteiger partial charge in [0, 0.05) is 35.4 Å². The molecule has 7 nitrogen and oxygen atoms in total. The molecule has 3 saturated heterocycles. The zero-order valence-corrected chi connectivity index (χ0v) is 17.2. The standard InChI is InChI=1S/C20H30N4O3S/c1-13(25)18-20(27)24-11-14(9-17(24)19(26)22-18)21-10-15-5-6-16(28-15)12-23-7-3-2-4-8-23/h5-6,13-14,17-18,21,25H,2-4,7-12H2,1H3,(H,22,26)/t13-,14-,17-,18+/m0/s1. The summed E-state index contributed by atoms with van der Waals surface area (Å²) in [6.07, 6.45) is 3.71. The number of piperazine rings is 1. The number of aliphatic hydroxyl groups excluding tert-OH is 1. The Morgan fingerprint density at radius 3 is 2.75 bits per heavy atom. The lowest BCUT2D eigenvalue weighted by Crippen LogP contribution is -2.64. The summed E-state index contributed by atoms with van der Waals surface area (Å²) >= 11 is 1.84. The van der Waals surface area contributed by atoms with E-state index in [4.69, 9.17) is 0 Å². The van der Waals surface area contributed by atoms with Crippen LogP contribution in [0.15, 0.2) is 12.1 Å². The number of piperidine rings is 1. The summed E-state index contributed by atoms with van der Waals surface area (Å²) in [5.41, 5.74) is 0. The lowest BCUT2D eigenvalue weighted by atomic mass is 10.0. The van der Waals surface area contributed by atoms with Crippen molar-refractivity contribution in [2.75, 3.05) is 19.6 Å². The van der Waals surface area contributed by atoms with Gasteiger partial charge in [-0.25, -0.2) is 0 Å². The highest BCUT2D eigenvalue weighted by Crippen LogP contribution is 2.25. The van der Waals surface area contributed by atoms with Gasteiger partial charge in [-0.05, 0) is 51.4 Å². The van der Waals surface area contributed by atoms with Gasteiger partial charge in [0.25, 0.3) is 0 Å². The minimum absolute atomic E-state index is 0.0973. The maximum Gasteiger partial charge on any atom is 0.248 e. The zero-order valence-electron chi connectivity index (χ0n) is 16.4. The summed E-state index contributed by atoms with van der Waals surface area (Å²) in [5, 5.41) is 15.9. The van der Waals surface area contributed by atoms with Crippen LogP contribution in [0.25, 0.3) is 0 Å². The molecule has 4 heterocycles. The molecule has 0 spiro atoms. The first-order valence-electron chi connectivity index (χ1n) is 10.3. The minimum atomic E-state index is -0.881. The summed E-state index contributed by atoms with van der Waals surface area (Å²) < 4.78 is 0. The van der Waals surface area contributed by atoms with Gasteiger partial charge in [-0.2, -0.15) is 0 Å². The molecule has 4 atom stereocenters. The monoisotopic (exact) mass is 406 g/mol. The largest absolute Gasteiger partial charge is 0.391 e. The van der Waals surface area contributed by atoms with Gasteiger partial charge >= 0.3 is 0 Å². The second kappa shape index (κ2) is 8.49. The number of hydrogen-bond donors (Lipinski definition) is 3. The molecule has 3 aliphatic heterocycles. The van der Waals surface area contributed by atoms with E-state index in [1.807, 2.05) is 11.3 Å². The van der Waals surface area contributed by atoms with Crippen LogP contribution in [-0.4, -0.2) is 70.6 Å². The van der Waals surface area contributed by atoms with Crippen molar-refractivity contribution in [1.82, 2.24) is 20.4 Å². The van der Waals surface area contributed by atoms with Gasteiger partial charge in [-0.3, -0.25) is 14.5 Å². The number of thiophene rings is 1. The molecule has 1 aromatic heterocycles. The highest BCUT2D eigenvalue weighted by atomic mass is 32.1. The van der Waals surface area contributed by atoms with Gasteiger partial charge in [-0.1, -0.05) is 6.42 Å². The molecule has 0 bridgehead atoms. The Balaban J connectivity index is 1.29. The molecule has 0 unspecified atom stereocenters. The summed E-state index contributed by atoms with van der Waals surface area (Å²) in [7, 11) is 0. The van der Waals surface area contributed by atoms with E-state index in [2.05, 4.69) is 27.7 Å². The van der Waals surface area contributed by atoms with E-state index in [0.29, 0.717) is 13.0 Å². The molecule has 0 aliphatic carbocycles. The van der Waals surface area contributed by atoms with E-state index in [1.54, 1.807) is 4.90 Å². The molecule has 8 heteroatoms. The van der Waals surface area contributed by atoms with E-state index in [0.717, 1.165) is 13.1 Å². The Morgan fingerprint density at radius 1 is 1.25 bits per heavy atom. The van der Waals surface area contributed by atoms with Crippen LogP contribution in [-0.2, 0) is 22.7 Å². The van der Waals surface area contributed by atoms with Gasteiger partial charge in [0.1, 0.15) is 12.1 Å². The SMILES string of the molecule is C[C@H](O)[C@H]1NC(=O)[C@@H]2C[C@H](NCc3ccc(CN4CCCCC4)s3)CN2C1=O. The first-order chi connectivity index (χ1) is 13.5. The van der Waals surface area contributed by atoms with Crippen LogP contribution in [0.5, 0.6) is 0 Å². The third kappa shape index (κ3) is 4.25. The molecule has 0 aromatic carbocycles. The minimum Gasteiger partial charge on any atom is -0.391 e. The Bertz CT molecular complexity index is 716. The fourth-order valence-electron chi connectivity index (χ4n) is 4.48. The van der Waals surface area contributed by atoms with Crippen LogP contribution in [0, 0.1) is 0 Å². The van der Waals surface area contributed by atoms with Crippen LogP contribution in [0.3, 0.4) is 0 Å². The predicted molar refractivity (Wildman–Crippen MR) is 108 cm³/mol.